The number of nitrogens with zero attached hydrogens (tertiary/aromatic N) is 2. The molecule has 1 unspecified atom stereocenters. The van der Waals surface area contributed by atoms with E-state index in [1.165, 1.54) is 16.2 Å². The van der Waals surface area contributed by atoms with Gasteiger partial charge in [-0.2, -0.15) is 0 Å². The first kappa shape index (κ1) is 18.3. The summed E-state index contributed by atoms with van der Waals surface area (Å²) in [5.74, 6) is -1.28. The molecule has 1 fully saturated rings. The molecule has 0 aliphatic carbocycles. The molecule has 0 spiro atoms. The summed E-state index contributed by atoms with van der Waals surface area (Å²) in [7, 11) is 0. The molecule has 2 aromatic rings. The molecule has 3 heterocycles. The van der Waals surface area contributed by atoms with Gasteiger partial charge in [0.2, 0.25) is 0 Å². The lowest BCUT2D eigenvalue weighted by atomic mass is 9.88. The van der Waals surface area contributed by atoms with Crippen LogP contribution in [0.5, 0.6) is 0 Å². The van der Waals surface area contributed by atoms with Crippen LogP contribution in [0.2, 0.25) is 5.02 Å². The predicted molar refractivity (Wildman–Crippen MR) is 104 cm³/mol. The van der Waals surface area contributed by atoms with Crippen molar-refractivity contribution < 1.29 is 19.4 Å². The zero-order valence-corrected chi connectivity index (χ0v) is 16.1. The third kappa shape index (κ3) is 3.67. The summed E-state index contributed by atoms with van der Waals surface area (Å²) in [5.41, 5.74) is 1.99. The Labute approximate surface area is 165 Å². The van der Waals surface area contributed by atoms with E-state index >= 15 is 0 Å². The van der Waals surface area contributed by atoms with Gasteiger partial charge in [0, 0.05) is 30.6 Å². The normalized spacial score (nSPS) is 19.9. The molecule has 1 atom stereocenters. The fourth-order valence-electron chi connectivity index (χ4n) is 3.58. The average Bonchev–Trinajstić information content (AvgIpc) is 3.11. The Morgan fingerprint density at radius 2 is 1.96 bits per heavy atom. The van der Waals surface area contributed by atoms with Crippen LogP contribution < -0.4 is 4.90 Å². The molecule has 1 aromatic heterocycles. The SMILES string of the molecule is O=C(O)CN1CC(c2ccc(Cl)cc2)c2cc(N3CCOCC3)sc2C1=O. The highest BCUT2D eigenvalue weighted by Gasteiger charge is 2.36. The largest absolute Gasteiger partial charge is 0.480 e. The molecule has 8 heteroatoms. The summed E-state index contributed by atoms with van der Waals surface area (Å²) in [6, 6.07) is 9.61. The van der Waals surface area contributed by atoms with E-state index in [1.807, 2.05) is 24.3 Å². The van der Waals surface area contributed by atoms with Crippen molar-refractivity contribution in [2.24, 2.45) is 0 Å². The van der Waals surface area contributed by atoms with Crippen molar-refractivity contribution in [3.63, 3.8) is 0 Å². The number of morpholine rings is 1. The third-order valence-corrected chi connectivity index (χ3v) is 6.38. The lowest BCUT2D eigenvalue weighted by Gasteiger charge is -2.31. The van der Waals surface area contributed by atoms with Gasteiger partial charge >= 0.3 is 5.97 Å². The minimum absolute atomic E-state index is 0.0691. The number of rotatable bonds is 4. The number of benzene rings is 1. The van der Waals surface area contributed by atoms with Gasteiger partial charge in [-0.05, 0) is 29.3 Å². The van der Waals surface area contributed by atoms with E-state index in [1.54, 1.807) is 0 Å². The molecular formula is C19H19ClN2O4S. The number of halogens is 1. The van der Waals surface area contributed by atoms with E-state index < -0.39 is 5.97 Å². The first-order chi connectivity index (χ1) is 13.0. The standard InChI is InChI=1S/C19H19ClN2O4S/c20-13-3-1-12(2-4-13)15-10-22(11-17(23)24)19(25)18-14(15)9-16(27-18)21-5-7-26-8-6-21/h1-4,9,15H,5-8,10-11H2,(H,23,24). The third-order valence-electron chi connectivity index (χ3n) is 4.93. The molecule has 1 amide bonds. The van der Waals surface area contributed by atoms with Crippen molar-refractivity contribution in [1.82, 2.24) is 4.90 Å². The van der Waals surface area contributed by atoms with Crippen LogP contribution in [0.3, 0.4) is 0 Å². The Morgan fingerprint density at radius 1 is 1.26 bits per heavy atom. The number of ether oxygens (including phenoxy) is 1. The molecule has 2 aliphatic heterocycles. The molecule has 0 bridgehead atoms. The quantitative estimate of drug-likeness (QED) is 0.845. The highest BCUT2D eigenvalue weighted by atomic mass is 35.5. The molecule has 6 nitrogen and oxygen atoms in total. The second-order valence-electron chi connectivity index (χ2n) is 6.65. The van der Waals surface area contributed by atoms with Crippen LogP contribution in [-0.2, 0) is 9.53 Å². The summed E-state index contributed by atoms with van der Waals surface area (Å²) < 4.78 is 5.42. The monoisotopic (exact) mass is 406 g/mol. The Hall–Kier alpha value is -2.09. The highest BCUT2D eigenvalue weighted by Crippen LogP contribution is 2.41. The Morgan fingerprint density at radius 3 is 2.63 bits per heavy atom. The number of hydrogen-bond donors (Lipinski definition) is 1. The first-order valence-electron chi connectivity index (χ1n) is 8.76. The van der Waals surface area contributed by atoms with Gasteiger partial charge in [0.1, 0.15) is 6.54 Å². The van der Waals surface area contributed by atoms with Gasteiger partial charge in [-0.1, -0.05) is 23.7 Å². The maximum absolute atomic E-state index is 12.9. The van der Waals surface area contributed by atoms with Crippen molar-refractivity contribution in [3.8, 4) is 0 Å². The Bertz CT molecular complexity index is 861. The molecule has 0 radical (unpaired) electrons. The molecule has 1 saturated heterocycles. The summed E-state index contributed by atoms with van der Waals surface area (Å²) in [6.45, 7) is 2.97. The maximum atomic E-state index is 12.9. The number of carbonyl (C=O) groups excluding carboxylic acids is 1. The molecule has 4 rings (SSSR count). The summed E-state index contributed by atoms with van der Waals surface area (Å²) in [5, 5.41) is 10.9. The molecule has 142 valence electrons. The maximum Gasteiger partial charge on any atom is 0.323 e. The van der Waals surface area contributed by atoms with Gasteiger partial charge in [-0.25, -0.2) is 0 Å². The number of carbonyl (C=O) groups is 2. The molecular weight excluding hydrogens is 388 g/mol. The topological polar surface area (TPSA) is 70.1 Å². The summed E-state index contributed by atoms with van der Waals surface area (Å²) >= 11 is 7.46. The molecule has 2 aliphatic rings. The zero-order valence-electron chi connectivity index (χ0n) is 14.6. The fourth-order valence-corrected chi connectivity index (χ4v) is 4.95. The minimum atomic E-state index is -1.01. The smallest absolute Gasteiger partial charge is 0.323 e. The van der Waals surface area contributed by atoms with E-state index in [9.17, 15) is 14.7 Å². The number of amides is 1. The molecule has 1 aromatic carbocycles. The number of anilines is 1. The van der Waals surface area contributed by atoms with Gasteiger partial charge in [-0.3, -0.25) is 9.59 Å². The minimum Gasteiger partial charge on any atom is -0.480 e. The Kier molecular flexibility index (Phi) is 5.08. The predicted octanol–water partition coefficient (Wildman–Crippen LogP) is 2.91. The van der Waals surface area contributed by atoms with E-state index in [0.717, 1.165) is 29.2 Å². The second kappa shape index (κ2) is 7.50. The van der Waals surface area contributed by atoms with Crippen LogP contribution in [0.1, 0.15) is 26.7 Å². The number of aliphatic carboxylic acids is 1. The van der Waals surface area contributed by atoms with Gasteiger partial charge in [0.05, 0.1) is 23.1 Å². The zero-order chi connectivity index (χ0) is 19.0. The van der Waals surface area contributed by atoms with Gasteiger partial charge < -0.3 is 19.6 Å². The van der Waals surface area contributed by atoms with Gasteiger partial charge in [0.25, 0.3) is 5.91 Å². The molecule has 0 saturated carbocycles. The van der Waals surface area contributed by atoms with Crippen LogP contribution in [0, 0.1) is 0 Å². The number of carboxylic acid groups (broad SMARTS) is 1. The van der Waals surface area contributed by atoms with Crippen molar-refractivity contribution in [2.75, 3.05) is 44.3 Å². The van der Waals surface area contributed by atoms with E-state index in [-0.39, 0.29) is 18.4 Å². The molecule has 1 N–H and O–H groups in total. The highest BCUT2D eigenvalue weighted by molar-refractivity contribution is 7.18. The lowest BCUT2D eigenvalue weighted by molar-refractivity contribution is -0.137. The van der Waals surface area contributed by atoms with Crippen molar-refractivity contribution in [3.05, 3.63) is 51.4 Å². The lowest BCUT2D eigenvalue weighted by Crippen LogP contribution is -2.42. The van der Waals surface area contributed by atoms with Gasteiger partial charge in [-0.15, -0.1) is 11.3 Å². The van der Waals surface area contributed by atoms with E-state index in [2.05, 4.69) is 11.0 Å². The van der Waals surface area contributed by atoms with Crippen molar-refractivity contribution >= 4 is 39.8 Å². The summed E-state index contributed by atoms with van der Waals surface area (Å²) in [4.78, 5) is 28.4. The number of carboxylic acids is 1. The van der Waals surface area contributed by atoms with Crippen LogP contribution >= 0.6 is 22.9 Å². The van der Waals surface area contributed by atoms with Crippen LogP contribution in [0.4, 0.5) is 5.00 Å². The second-order valence-corrected chi connectivity index (χ2v) is 8.12. The van der Waals surface area contributed by atoms with E-state index in [0.29, 0.717) is 29.7 Å². The Balaban J connectivity index is 1.74. The van der Waals surface area contributed by atoms with Crippen molar-refractivity contribution in [2.45, 2.75) is 5.92 Å². The summed E-state index contributed by atoms with van der Waals surface area (Å²) in [6.07, 6.45) is 0. The van der Waals surface area contributed by atoms with Crippen LogP contribution in [0.15, 0.2) is 30.3 Å². The average molecular weight is 407 g/mol. The van der Waals surface area contributed by atoms with Crippen LogP contribution in [0.25, 0.3) is 0 Å². The number of thiophene rings is 1. The first-order valence-corrected chi connectivity index (χ1v) is 9.95. The number of fused-ring (bicyclic) bond motifs is 1. The van der Waals surface area contributed by atoms with Gasteiger partial charge in [0.15, 0.2) is 0 Å². The van der Waals surface area contributed by atoms with Crippen molar-refractivity contribution in [1.29, 1.82) is 0 Å². The molecule has 27 heavy (non-hydrogen) atoms. The van der Waals surface area contributed by atoms with Crippen LogP contribution in [-0.4, -0.2) is 61.3 Å². The number of hydrogen-bond acceptors (Lipinski definition) is 5. The fraction of sp³-hybridized carbons (Fsp3) is 0.368. The van der Waals surface area contributed by atoms with E-state index in [4.69, 9.17) is 16.3 Å².